The molecule has 0 saturated carbocycles. The van der Waals surface area contributed by atoms with Crippen molar-refractivity contribution in [1.29, 1.82) is 0 Å². The fourth-order valence-corrected chi connectivity index (χ4v) is 0.812. The van der Waals surface area contributed by atoms with E-state index in [4.69, 9.17) is 14.2 Å². The van der Waals surface area contributed by atoms with Gasteiger partial charge in [-0.3, -0.25) is 9.59 Å². The lowest BCUT2D eigenvalue weighted by Gasteiger charge is -2.06. The summed E-state index contributed by atoms with van der Waals surface area (Å²) in [6, 6.07) is 0. The van der Waals surface area contributed by atoms with Crippen LogP contribution < -0.4 is 10.6 Å². The average molecular weight is 248 g/mol. The van der Waals surface area contributed by atoms with E-state index in [0.29, 0.717) is 26.4 Å². The first-order valence-electron chi connectivity index (χ1n) is 5.35. The fourth-order valence-electron chi connectivity index (χ4n) is 0.812. The first-order valence-corrected chi connectivity index (χ1v) is 5.35. The zero-order valence-electron chi connectivity index (χ0n) is 10.3. The lowest BCUT2D eigenvalue weighted by molar-refractivity contribution is -0.125. The molecule has 100 valence electrons. The molecule has 0 spiro atoms. The van der Waals surface area contributed by atoms with E-state index < -0.39 is 0 Å². The predicted octanol–water partition coefficient (Wildman–Crippen LogP) is -1.47. The normalized spacial score (nSPS) is 10.0. The van der Waals surface area contributed by atoms with Gasteiger partial charge in [0, 0.05) is 14.1 Å². The van der Waals surface area contributed by atoms with Crippen molar-refractivity contribution in [1.82, 2.24) is 10.6 Å². The molecule has 2 amide bonds. The van der Waals surface area contributed by atoms with Gasteiger partial charge >= 0.3 is 0 Å². The number of hydrogen-bond acceptors (Lipinski definition) is 5. The molecule has 0 aromatic rings. The highest BCUT2D eigenvalue weighted by Crippen LogP contribution is 1.81. The Morgan fingerprint density at radius 3 is 1.47 bits per heavy atom. The standard InChI is InChI=1S/C10H20N2O5/c1-11-9(13)7-16-5-3-15-4-6-17-8-10(14)12-2/h3-8H2,1-2H3,(H,11,13)(H,12,14). The van der Waals surface area contributed by atoms with Crippen LogP contribution in [-0.4, -0.2) is 65.6 Å². The van der Waals surface area contributed by atoms with Crippen LogP contribution in [0, 0.1) is 0 Å². The van der Waals surface area contributed by atoms with Gasteiger partial charge in [0.1, 0.15) is 13.2 Å². The second kappa shape index (κ2) is 11.3. The molecule has 17 heavy (non-hydrogen) atoms. The maximum atomic E-state index is 10.7. The van der Waals surface area contributed by atoms with Crippen molar-refractivity contribution in [2.75, 3.05) is 53.7 Å². The van der Waals surface area contributed by atoms with Crippen molar-refractivity contribution < 1.29 is 23.8 Å². The molecular weight excluding hydrogens is 228 g/mol. The molecule has 0 heterocycles. The van der Waals surface area contributed by atoms with Gasteiger partial charge in [0.15, 0.2) is 0 Å². The summed E-state index contributed by atoms with van der Waals surface area (Å²) in [4.78, 5) is 21.5. The molecule has 0 saturated heterocycles. The van der Waals surface area contributed by atoms with E-state index in [1.54, 1.807) is 14.1 Å². The Hall–Kier alpha value is -1.18. The van der Waals surface area contributed by atoms with E-state index in [9.17, 15) is 9.59 Å². The van der Waals surface area contributed by atoms with Gasteiger partial charge in [0.05, 0.1) is 26.4 Å². The molecule has 0 aliphatic carbocycles. The number of hydrogen-bond donors (Lipinski definition) is 2. The van der Waals surface area contributed by atoms with Crippen molar-refractivity contribution in [2.24, 2.45) is 0 Å². The van der Waals surface area contributed by atoms with E-state index in [1.165, 1.54) is 0 Å². The van der Waals surface area contributed by atoms with Gasteiger partial charge < -0.3 is 24.8 Å². The number of nitrogens with one attached hydrogen (secondary N) is 2. The molecule has 0 bridgehead atoms. The number of ether oxygens (including phenoxy) is 3. The molecule has 7 heteroatoms. The minimum atomic E-state index is -0.168. The first-order chi connectivity index (χ1) is 8.20. The molecule has 0 fully saturated rings. The van der Waals surface area contributed by atoms with Crippen molar-refractivity contribution in [3.05, 3.63) is 0 Å². The molecule has 0 aromatic heterocycles. The van der Waals surface area contributed by atoms with Gasteiger partial charge in [-0.25, -0.2) is 0 Å². The quantitative estimate of drug-likeness (QED) is 0.461. The highest BCUT2D eigenvalue weighted by Gasteiger charge is 1.98. The molecule has 0 aliphatic heterocycles. The minimum absolute atomic E-state index is 0.0348. The largest absolute Gasteiger partial charge is 0.377 e. The summed E-state index contributed by atoms with van der Waals surface area (Å²) in [6.07, 6.45) is 0. The Kier molecular flexibility index (Phi) is 10.5. The molecule has 0 atom stereocenters. The van der Waals surface area contributed by atoms with Crippen LogP contribution in [0.15, 0.2) is 0 Å². The van der Waals surface area contributed by atoms with Crippen LogP contribution in [0.25, 0.3) is 0 Å². The van der Waals surface area contributed by atoms with Crippen molar-refractivity contribution >= 4 is 11.8 Å². The zero-order chi connectivity index (χ0) is 12.9. The van der Waals surface area contributed by atoms with Gasteiger partial charge in [-0.15, -0.1) is 0 Å². The summed E-state index contributed by atoms with van der Waals surface area (Å²) in [5.74, 6) is -0.335. The Morgan fingerprint density at radius 2 is 1.12 bits per heavy atom. The lowest BCUT2D eigenvalue weighted by Crippen LogP contribution is -2.25. The first kappa shape index (κ1) is 15.8. The van der Waals surface area contributed by atoms with Gasteiger partial charge in [0.2, 0.25) is 11.8 Å². The predicted molar refractivity (Wildman–Crippen MR) is 60.6 cm³/mol. The number of likely N-dealkylation sites (N-methyl/N-ethyl adjacent to an activating group) is 2. The Balaban J connectivity index is 3.08. The average Bonchev–Trinajstić information content (AvgIpc) is 2.35. The van der Waals surface area contributed by atoms with Crippen molar-refractivity contribution in [3.63, 3.8) is 0 Å². The van der Waals surface area contributed by atoms with E-state index in [2.05, 4.69) is 10.6 Å². The van der Waals surface area contributed by atoms with Crippen LogP contribution in [0.2, 0.25) is 0 Å². The third-order valence-electron chi connectivity index (χ3n) is 1.77. The molecule has 2 N–H and O–H groups in total. The van der Waals surface area contributed by atoms with Gasteiger partial charge in [0.25, 0.3) is 0 Å². The Morgan fingerprint density at radius 1 is 0.765 bits per heavy atom. The van der Waals surface area contributed by atoms with Crippen LogP contribution >= 0.6 is 0 Å². The maximum Gasteiger partial charge on any atom is 0.245 e. The lowest BCUT2D eigenvalue weighted by atomic mass is 10.6. The second-order valence-corrected chi connectivity index (χ2v) is 3.06. The molecule has 0 radical (unpaired) electrons. The van der Waals surface area contributed by atoms with E-state index in [1.807, 2.05) is 0 Å². The SMILES string of the molecule is CNC(=O)COCCOCCOCC(=O)NC. The Bertz CT molecular complexity index is 201. The molecular formula is C10H20N2O5. The van der Waals surface area contributed by atoms with Crippen LogP contribution in [0.3, 0.4) is 0 Å². The van der Waals surface area contributed by atoms with Crippen molar-refractivity contribution in [2.45, 2.75) is 0 Å². The van der Waals surface area contributed by atoms with Gasteiger partial charge in [-0.2, -0.15) is 0 Å². The fraction of sp³-hybridized carbons (Fsp3) is 0.800. The summed E-state index contributed by atoms with van der Waals surface area (Å²) < 4.78 is 15.2. The van der Waals surface area contributed by atoms with Crippen LogP contribution in [0.5, 0.6) is 0 Å². The molecule has 0 unspecified atom stereocenters. The molecule has 0 aromatic carbocycles. The van der Waals surface area contributed by atoms with Crippen LogP contribution in [-0.2, 0) is 23.8 Å². The van der Waals surface area contributed by atoms with Gasteiger partial charge in [-0.05, 0) is 0 Å². The summed E-state index contributed by atoms with van der Waals surface area (Å²) in [7, 11) is 3.10. The summed E-state index contributed by atoms with van der Waals surface area (Å²) in [5, 5.41) is 4.87. The molecule has 0 aliphatic rings. The second-order valence-electron chi connectivity index (χ2n) is 3.06. The third kappa shape index (κ3) is 11.1. The van der Waals surface area contributed by atoms with Crippen LogP contribution in [0.1, 0.15) is 0 Å². The Labute approximate surface area is 101 Å². The summed E-state index contributed by atoms with van der Waals surface area (Å²) >= 11 is 0. The number of carbonyl (C=O) groups excluding carboxylic acids is 2. The molecule has 7 nitrogen and oxygen atoms in total. The highest BCUT2D eigenvalue weighted by atomic mass is 16.5. The molecule has 0 rings (SSSR count). The van der Waals surface area contributed by atoms with Crippen LogP contribution in [0.4, 0.5) is 0 Å². The minimum Gasteiger partial charge on any atom is -0.377 e. The van der Waals surface area contributed by atoms with E-state index >= 15 is 0 Å². The monoisotopic (exact) mass is 248 g/mol. The highest BCUT2D eigenvalue weighted by molar-refractivity contribution is 5.77. The number of amides is 2. The van der Waals surface area contributed by atoms with Crippen molar-refractivity contribution in [3.8, 4) is 0 Å². The third-order valence-corrected chi connectivity index (χ3v) is 1.77. The van der Waals surface area contributed by atoms with Gasteiger partial charge in [-0.1, -0.05) is 0 Å². The summed E-state index contributed by atoms with van der Waals surface area (Å²) in [6.45, 7) is 1.55. The summed E-state index contributed by atoms with van der Waals surface area (Å²) in [5.41, 5.74) is 0. The van der Waals surface area contributed by atoms with E-state index in [-0.39, 0.29) is 25.0 Å². The zero-order valence-corrected chi connectivity index (χ0v) is 10.3. The topological polar surface area (TPSA) is 85.9 Å². The smallest absolute Gasteiger partial charge is 0.245 e. The van der Waals surface area contributed by atoms with E-state index in [0.717, 1.165) is 0 Å². The maximum absolute atomic E-state index is 10.7. The number of carbonyl (C=O) groups is 2. The number of rotatable bonds is 10.